The summed E-state index contributed by atoms with van der Waals surface area (Å²) in [5.41, 5.74) is 3.89. The smallest absolute Gasteiger partial charge is 0.278 e. The summed E-state index contributed by atoms with van der Waals surface area (Å²) in [5.74, 6) is -0.143. The molecule has 1 fully saturated rings. The van der Waals surface area contributed by atoms with Gasteiger partial charge in [0.2, 0.25) is 5.13 Å². The van der Waals surface area contributed by atoms with Gasteiger partial charge >= 0.3 is 0 Å². The van der Waals surface area contributed by atoms with Crippen molar-refractivity contribution in [3.8, 4) is 0 Å². The molecule has 5 rings (SSSR count). The van der Waals surface area contributed by atoms with Crippen LogP contribution in [0.3, 0.4) is 0 Å². The Morgan fingerprint density at radius 1 is 1.24 bits per heavy atom. The van der Waals surface area contributed by atoms with E-state index in [0.717, 1.165) is 29.0 Å². The van der Waals surface area contributed by atoms with Crippen molar-refractivity contribution < 1.29 is 9.53 Å². The minimum absolute atomic E-state index is 0.143. The van der Waals surface area contributed by atoms with Crippen molar-refractivity contribution >= 4 is 55.6 Å². The molecule has 0 N–H and O–H groups in total. The van der Waals surface area contributed by atoms with Gasteiger partial charge in [-0.15, -0.1) is 0 Å². The maximum atomic E-state index is 13.3. The van der Waals surface area contributed by atoms with E-state index < -0.39 is 0 Å². The van der Waals surface area contributed by atoms with Gasteiger partial charge in [-0.05, 0) is 36.8 Å². The Kier molecular flexibility index (Phi) is 4.83. The molecule has 0 spiro atoms. The average molecular weight is 427 g/mol. The SMILES string of the molecule is Cc1ccc2nc(N=C3C(=O)N(CN4CCOCC4)c4cccc(Cl)c43)sc2c1. The highest BCUT2D eigenvalue weighted by Crippen LogP contribution is 2.37. The summed E-state index contributed by atoms with van der Waals surface area (Å²) in [6.07, 6.45) is 0. The first kappa shape index (κ1) is 18.7. The number of aliphatic imine (C=N–C) groups is 1. The second-order valence-corrected chi connectivity index (χ2v) is 8.58. The van der Waals surface area contributed by atoms with Gasteiger partial charge in [-0.1, -0.05) is 35.1 Å². The van der Waals surface area contributed by atoms with Crippen LogP contribution in [-0.4, -0.2) is 54.5 Å². The topological polar surface area (TPSA) is 58.0 Å². The Morgan fingerprint density at radius 3 is 2.90 bits per heavy atom. The zero-order valence-corrected chi connectivity index (χ0v) is 17.5. The van der Waals surface area contributed by atoms with Crippen LogP contribution in [0.15, 0.2) is 41.4 Å². The number of aryl methyl sites for hydroxylation is 1. The van der Waals surface area contributed by atoms with Gasteiger partial charge in [0.05, 0.1) is 40.8 Å². The van der Waals surface area contributed by atoms with Crippen molar-refractivity contribution in [3.63, 3.8) is 0 Å². The predicted octanol–water partition coefficient (Wildman–Crippen LogP) is 4.02. The fourth-order valence-corrected chi connectivity index (χ4v) is 4.87. The van der Waals surface area contributed by atoms with Crippen LogP contribution in [-0.2, 0) is 9.53 Å². The molecule has 8 heteroatoms. The van der Waals surface area contributed by atoms with Gasteiger partial charge in [0, 0.05) is 18.7 Å². The quantitative estimate of drug-likeness (QED) is 0.634. The molecule has 148 valence electrons. The highest BCUT2D eigenvalue weighted by molar-refractivity contribution is 7.22. The third-order valence-electron chi connectivity index (χ3n) is 5.15. The molecule has 6 nitrogen and oxygen atoms in total. The van der Waals surface area contributed by atoms with E-state index in [1.807, 2.05) is 31.2 Å². The van der Waals surface area contributed by atoms with Gasteiger partial charge in [0.15, 0.2) is 0 Å². The van der Waals surface area contributed by atoms with Crippen molar-refractivity contribution in [2.24, 2.45) is 4.99 Å². The summed E-state index contributed by atoms with van der Waals surface area (Å²) >= 11 is 7.97. The first-order chi connectivity index (χ1) is 14.1. The van der Waals surface area contributed by atoms with Crippen molar-refractivity contribution in [3.05, 3.63) is 52.5 Å². The van der Waals surface area contributed by atoms with Gasteiger partial charge in [0.25, 0.3) is 5.91 Å². The molecule has 0 radical (unpaired) electrons. The third kappa shape index (κ3) is 3.44. The summed E-state index contributed by atoms with van der Waals surface area (Å²) in [6, 6.07) is 11.7. The minimum atomic E-state index is -0.143. The van der Waals surface area contributed by atoms with Crippen LogP contribution >= 0.6 is 22.9 Å². The second-order valence-electron chi connectivity index (χ2n) is 7.17. The Hall–Kier alpha value is -2.32. The number of hydrogen-bond acceptors (Lipinski definition) is 6. The molecule has 2 aliphatic rings. The maximum Gasteiger partial charge on any atom is 0.278 e. The monoisotopic (exact) mass is 426 g/mol. The number of fused-ring (bicyclic) bond motifs is 2. The highest BCUT2D eigenvalue weighted by atomic mass is 35.5. The van der Waals surface area contributed by atoms with Crippen LogP contribution in [0.5, 0.6) is 0 Å². The number of carbonyl (C=O) groups excluding carboxylic acids is 1. The predicted molar refractivity (Wildman–Crippen MR) is 117 cm³/mol. The Morgan fingerprint density at radius 2 is 2.07 bits per heavy atom. The van der Waals surface area contributed by atoms with Crippen molar-refractivity contribution in [2.45, 2.75) is 6.92 Å². The number of halogens is 1. The van der Waals surface area contributed by atoms with E-state index in [4.69, 9.17) is 16.3 Å². The lowest BCUT2D eigenvalue weighted by Gasteiger charge is -2.30. The molecule has 2 aliphatic heterocycles. The Bertz CT molecular complexity index is 1140. The molecule has 0 unspecified atom stereocenters. The van der Waals surface area contributed by atoms with Crippen LogP contribution in [0.1, 0.15) is 11.1 Å². The maximum absolute atomic E-state index is 13.3. The molecule has 1 aromatic heterocycles. The van der Waals surface area contributed by atoms with Gasteiger partial charge < -0.3 is 4.74 Å². The molecule has 29 heavy (non-hydrogen) atoms. The number of benzene rings is 2. The van der Waals surface area contributed by atoms with Crippen molar-refractivity contribution in [2.75, 3.05) is 37.9 Å². The number of ether oxygens (including phenoxy) is 1. The minimum Gasteiger partial charge on any atom is -0.379 e. The number of anilines is 1. The van der Waals surface area contributed by atoms with E-state index in [0.29, 0.717) is 41.3 Å². The molecule has 1 saturated heterocycles. The van der Waals surface area contributed by atoms with Crippen LogP contribution in [0.25, 0.3) is 10.2 Å². The molecule has 0 atom stereocenters. The van der Waals surface area contributed by atoms with E-state index in [1.54, 1.807) is 11.0 Å². The van der Waals surface area contributed by atoms with Gasteiger partial charge in [-0.25, -0.2) is 9.98 Å². The largest absolute Gasteiger partial charge is 0.379 e. The van der Waals surface area contributed by atoms with Gasteiger partial charge in [-0.2, -0.15) is 0 Å². The summed E-state index contributed by atoms with van der Waals surface area (Å²) in [5, 5.41) is 1.09. The summed E-state index contributed by atoms with van der Waals surface area (Å²) in [4.78, 5) is 26.5. The number of nitrogens with zero attached hydrogens (tertiary/aromatic N) is 4. The number of aromatic nitrogens is 1. The second kappa shape index (κ2) is 7.50. The van der Waals surface area contributed by atoms with E-state index in [-0.39, 0.29) is 5.91 Å². The molecule has 1 amide bonds. The Labute approximate surface area is 177 Å². The normalized spacial score (nSPS) is 18.8. The molecular formula is C21H19ClN4O2S. The number of hydrogen-bond donors (Lipinski definition) is 0. The number of carbonyl (C=O) groups is 1. The first-order valence-corrected chi connectivity index (χ1v) is 10.7. The highest BCUT2D eigenvalue weighted by Gasteiger charge is 2.37. The van der Waals surface area contributed by atoms with E-state index in [2.05, 4.69) is 20.9 Å². The van der Waals surface area contributed by atoms with E-state index in [9.17, 15) is 4.79 Å². The fourth-order valence-electron chi connectivity index (χ4n) is 3.67. The van der Waals surface area contributed by atoms with Crippen molar-refractivity contribution in [1.82, 2.24) is 9.88 Å². The molecule has 0 aliphatic carbocycles. The van der Waals surface area contributed by atoms with E-state index in [1.165, 1.54) is 16.9 Å². The van der Waals surface area contributed by atoms with E-state index >= 15 is 0 Å². The lowest BCUT2D eigenvalue weighted by atomic mass is 10.1. The van der Waals surface area contributed by atoms with Crippen LogP contribution in [0, 0.1) is 6.92 Å². The molecule has 3 heterocycles. The zero-order chi connectivity index (χ0) is 20.0. The molecule has 3 aromatic rings. The van der Waals surface area contributed by atoms with Crippen molar-refractivity contribution in [1.29, 1.82) is 0 Å². The summed E-state index contributed by atoms with van der Waals surface area (Å²) in [7, 11) is 0. The number of amides is 1. The zero-order valence-electron chi connectivity index (χ0n) is 15.9. The average Bonchev–Trinajstić information content (AvgIpc) is 3.23. The lowest BCUT2D eigenvalue weighted by molar-refractivity contribution is -0.112. The summed E-state index contributed by atoms with van der Waals surface area (Å²) in [6.45, 7) is 5.48. The van der Waals surface area contributed by atoms with Gasteiger partial charge in [-0.3, -0.25) is 14.6 Å². The number of rotatable bonds is 3. The molecule has 2 aromatic carbocycles. The molecule has 0 bridgehead atoms. The number of thiazole rings is 1. The fraction of sp³-hybridized carbons (Fsp3) is 0.286. The Balaban J connectivity index is 1.55. The third-order valence-corrected chi connectivity index (χ3v) is 6.38. The molecule has 0 saturated carbocycles. The van der Waals surface area contributed by atoms with Crippen LogP contribution in [0.2, 0.25) is 5.02 Å². The van der Waals surface area contributed by atoms with Crippen LogP contribution in [0.4, 0.5) is 10.8 Å². The number of morpholine rings is 1. The standard InChI is InChI=1S/C21H19ClN4O2S/c1-13-5-6-15-17(11-13)29-21(23-15)24-19-18-14(22)3-2-4-16(18)26(20(19)27)12-25-7-9-28-10-8-25/h2-6,11H,7-10,12H2,1H3. The van der Waals surface area contributed by atoms with Gasteiger partial charge in [0.1, 0.15) is 5.71 Å². The first-order valence-electron chi connectivity index (χ1n) is 9.47. The van der Waals surface area contributed by atoms with Crippen LogP contribution < -0.4 is 4.90 Å². The lowest BCUT2D eigenvalue weighted by Crippen LogP contribution is -2.45. The summed E-state index contributed by atoms with van der Waals surface area (Å²) < 4.78 is 6.48. The molecular weight excluding hydrogens is 408 g/mol.